The highest BCUT2D eigenvalue weighted by Crippen LogP contribution is 2.22. The molecular formula is C55H71N13O16. The van der Waals surface area contributed by atoms with Gasteiger partial charge in [-0.05, 0) is 73.6 Å². The molecule has 84 heavy (non-hydrogen) atoms. The second kappa shape index (κ2) is 31.7. The Morgan fingerprint density at radius 2 is 1.07 bits per heavy atom. The lowest BCUT2D eigenvalue weighted by atomic mass is 10.0. The van der Waals surface area contributed by atoms with Gasteiger partial charge in [0.05, 0.1) is 25.1 Å². The van der Waals surface area contributed by atoms with Gasteiger partial charge in [-0.1, -0.05) is 54.6 Å². The maximum Gasteiger partial charge on any atom is 0.328 e. The summed E-state index contributed by atoms with van der Waals surface area (Å²) in [6.45, 7) is 0.0370. The fraction of sp³-hybridized carbons (Fsp3) is 0.418. The monoisotopic (exact) mass is 1170 g/mol. The highest BCUT2D eigenvalue weighted by molar-refractivity contribution is 5.99. The number of carboxylic acids is 1. The average molecular weight is 1170 g/mol. The first-order valence-corrected chi connectivity index (χ1v) is 26.8. The van der Waals surface area contributed by atoms with Crippen LogP contribution in [0.5, 0.6) is 11.5 Å². The number of aromatic hydroxyl groups is 2. The Kier molecular flexibility index (Phi) is 24.6. The van der Waals surface area contributed by atoms with Gasteiger partial charge in [-0.25, -0.2) is 9.78 Å². The van der Waals surface area contributed by atoms with E-state index in [1.54, 1.807) is 30.3 Å². The van der Waals surface area contributed by atoms with Crippen molar-refractivity contribution in [3.8, 4) is 11.5 Å². The number of hydrogen-bond donors (Lipinski definition) is 16. The number of aliphatic hydroxyl groups is 2. The number of phenolic OH excluding ortho intramolecular Hbond substituents is 2. The molecule has 0 saturated carbocycles. The van der Waals surface area contributed by atoms with Crippen LogP contribution in [0.25, 0.3) is 0 Å². The fourth-order valence-electron chi connectivity index (χ4n) is 8.99. The minimum absolute atomic E-state index is 0.0348. The molecule has 3 aromatic carbocycles. The van der Waals surface area contributed by atoms with E-state index in [9.17, 15) is 78.3 Å². The number of nitrogens with zero attached hydrogens (tertiary/aromatic N) is 2. The van der Waals surface area contributed by atoms with Gasteiger partial charge in [0.15, 0.2) is 6.04 Å². The van der Waals surface area contributed by atoms with Crippen molar-refractivity contribution in [3.05, 3.63) is 114 Å². The van der Waals surface area contributed by atoms with Crippen LogP contribution >= 0.6 is 0 Å². The lowest BCUT2D eigenvalue weighted by molar-refractivity contribution is -0.145. The maximum absolute atomic E-state index is 14.7. The molecule has 29 heteroatoms. The van der Waals surface area contributed by atoms with Gasteiger partial charge >= 0.3 is 5.97 Å². The summed E-state index contributed by atoms with van der Waals surface area (Å²) in [5.74, 6) is -11.0. The van der Waals surface area contributed by atoms with Gasteiger partial charge in [-0.2, -0.15) is 0 Å². The van der Waals surface area contributed by atoms with Gasteiger partial charge in [0.25, 0.3) is 0 Å². The van der Waals surface area contributed by atoms with Crippen molar-refractivity contribution in [1.82, 2.24) is 52.1 Å². The third-order valence-corrected chi connectivity index (χ3v) is 13.6. The smallest absolute Gasteiger partial charge is 0.328 e. The maximum atomic E-state index is 14.7. The quantitative estimate of drug-likeness (QED) is 0.0220. The Balaban J connectivity index is 1.39. The molecule has 452 valence electrons. The van der Waals surface area contributed by atoms with E-state index in [-0.39, 0.29) is 75.8 Å². The van der Waals surface area contributed by atoms with E-state index in [1.165, 1.54) is 61.1 Å². The number of benzene rings is 3. The molecule has 2 heterocycles. The number of amides is 10. The Bertz CT molecular complexity index is 2930. The number of carbonyl (C=O) groups excluding carboxylic acids is 10. The number of aromatic amines is 1. The van der Waals surface area contributed by atoms with E-state index in [4.69, 9.17) is 17.2 Å². The fourth-order valence-corrected chi connectivity index (χ4v) is 8.99. The zero-order valence-corrected chi connectivity index (χ0v) is 45.8. The Labute approximate surface area is 481 Å². The van der Waals surface area contributed by atoms with Crippen LogP contribution < -0.4 is 54.4 Å². The number of H-pyrrole nitrogens is 1. The number of imidazole rings is 1. The molecule has 19 N–H and O–H groups in total. The topological polar surface area (TPSA) is 483 Å². The van der Waals surface area contributed by atoms with E-state index < -0.39 is 139 Å². The number of likely N-dealkylation sites (tertiary alicyclic amines) is 1. The van der Waals surface area contributed by atoms with Crippen molar-refractivity contribution in [1.29, 1.82) is 0 Å². The highest BCUT2D eigenvalue weighted by Gasteiger charge is 2.41. The Hall–Kier alpha value is -9.48. The zero-order chi connectivity index (χ0) is 61.6. The number of rotatable bonds is 32. The number of primary amides is 2. The minimum Gasteiger partial charge on any atom is -0.508 e. The Morgan fingerprint density at radius 3 is 1.60 bits per heavy atom. The third-order valence-electron chi connectivity index (χ3n) is 13.6. The van der Waals surface area contributed by atoms with Gasteiger partial charge in [-0.15, -0.1) is 0 Å². The molecule has 0 aliphatic carbocycles. The van der Waals surface area contributed by atoms with E-state index in [1.807, 2.05) is 0 Å². The second-order valence-corrected chi connectivity index (χ2v) is 20.1. The van der Waals surface area contributed by atoms with Crippen molar-refractivity contribution < 1.29 is 78.3 Å². The minimum atomic E-state index is -1.83. The van der Waals surface area contributed by atoms with Gasteiger partial charge in [-0.3, -0.25) is 47.9 Å². The summed E-state index contributed by atoms with van der Waals surface area (Å²) in [7, 11) is 0. The summed E-state index contributed by atoms with van der Waals surface area (Å²) in [6.07, 6.45) is -0.771. The largest absolute Gasteiger partial charge is 0.508 e. The van der Waals surface area contributed by atoms with E-state index in [0.29, 0.717) is 22.4 Å². The number of hydrogen-bond acceptors (Lipinski definition) is 17. The molecule has 4 aromatic rings. The molecule has 10 amide bonds. The van der Waals surface area contributed by atoms with Crippen LogP contribution in [0.2, 0.25) is 0 Å². The SMILES string of the molecule is C[C@@H](O)[C@H](NC(=O)[C@H](Cc1ccc(O)cc1)NC(=O)[C@@H]1CCCN1C(=O)[C@H](Cc1ccc(O)cc1)NC(=O)[C@H](CO)NC(=O)[C@H](Cc1cnc[nH]1)NC(=O)[C@H](Cc1ccccc1)NC(=O)[C@H](CCC(N)=O)NC(=O)[C@@H](N)CCC(N)=O)C(=O)O. The van der Waals surface area contributed by atoms with Crippen molar-refractivity contribution in [2.45, 2.75) is 132 Å². The molecule has 0 spiro atoms. The number of aliphatic carboxylic acids is 1. The van der Waals surface area contributed by atoms with Crippen molar-refractivity contribution >= 4 is 65.0 Å². The normalized spacial score (nSPS) is 16.1. The molecule has 1 aromatic heterocycles. The first-order chi connectivity index (χ1) is 39.9. The molecule has 0 bridgehead atoms. The van der Waals surface area contributed by atoms with E-state index >= 15 is 0 Å². The van der Waals surface area contributed by atoms with Gasteiger partial charge < -0.3 is 89.8 Å². The molecule has 5 rings (SSSR count). The second-order valence-electron chi connectivity index (χ2n) is 20.1. The van der Waals surface area contributed by atoms with Gasteiger partial charge in [0, 0.05) is 57.0 Å². The van der Waals surface area contributed by atoms with E-state index in [0.717, 1.165) is 11.8 Å². The van der Waals surface area contributed by atoms with Gasteiger partial charge in [0.1, 0.15) is 53.8 Å². The van der Waals surface area contributed by atoms with Crippen LogP contribution in [0.15, 0.2) is 91.4 Å². The number of nitrogens with one attached hydrogen (secondary N) is 8. The molecular weight excluding hydrogens is 1100 g/mol. The molecule has 1 saturated heterocycles. The third kappa shape index (κ3) is 20.2. The number of aliphatic hydroxyl groups excluding tert-OH is 2. The van der Waals surface area contributed by atoms with Crippen molar-refractivity contribution in [2.75, 3.05) is 13.2 Å². The summed E-state index contributed by atoms with van der Waals surface area (Å²) >= 11 is 0. The molecule has 0 unspecified atom stereocenters. The van der Waals surface area contributed by atoms with Crippen LogP contribution in [0.4, 0.5) is 0 Å². The molecule has 0 radical (unpaired) electrons. The summed E-state index contributed by atoms with van der Waals surface area (Å²) < 4.78 is 0. The zero-order valence-electron chi connectivity index (χ0n) is 45.8. The number of phenols is 2. The lowest BCUT2D eigenvalue weighted by Crippen LogP contribution is -2.61. The Morgan fingerprint density at radius 1 is 0.607 bits per heavy atom. The summed E-state index contributed by atoms with van der Waals surface area (Å²) in [5.41, 5.74) is 18.1. The summed E-state index contributed by atoms with van der Waals surface area (Å²) in [5, 5.41) is 67.7. The average Bonchev–Trinajstić information content (AvgIpc) is 4.37. The standard InChI is InChI=1S/C55H71N13O16/c1-29(70)46(55(83)84)67-51(79)39(23-31-9-13-34(71)14-10-31)64-53(81)43-8-5-21-68(43)54(82)41(24-32-11-15-35(72)16-12-32)65-52(80)42(27-69)66-50(78)40(25-33-26-59-28-60-33)63-49(77)38(22-30-6-3-2-4-7-30)62-48(76)37(18-20-45(58)74)61-47(75)36(56)17-19-44(57)73/h2-4,6-7,9-16,26,28-29,36-43,46,69-72H,5,8,17-25,27,56H2,1H3,(H2,57,73)(H2,58,74)(H,59,60)(H,61,75)(H,62,76)(H,63,77)(H,64,81)(H,65,80)(H,66,78)(H,67,79)(H,83,84)/t29-,36+,37+,38+,39+,40+,41+,42+,43+,46+/m1/s1. The summed E-state index contributed by atoms with van der Waals surface area (Å²) in [6, 6.07) is 5.70. The van der Waals surface area contributed by atoms with Crippen molar-refractivity contribution in [3.63, 3.8) is 0 Å². The van der Waals surface area contributed by atoms with Gasteiger partial charge in [0.2, 0.25) is 59.1 Å². The molecule has 1 fully saturated rings. The molecule has 29 nitrogen and oxygen atoms in total. The van der Waals surface area contributed by atoms with Crippen LogP contribution in [0.1, 0.15) is 67.8 Å². The van der Waals surface area contributed by atoms with Crippen molar-refractivity contribution in [2.24, 2.45) is 17.2 Å². The number of aromatic nitrogens is 2. The predicted molar refractivity (Wildman–Crippen MR) is 296 cm³/mol. The predicted octanol–water partition coefficient (Wildman–Crippen LogP) is -4.21. The van der Waals surface area contributed by atoms with E-state index in [2.05, 4.69) is 47.2 Å². The van der Waals surface area contributed by atoms with Crippen LogP contribution in [0.3, 0.4) is 0 Å². The number of carboxylic acid groups (broad SMARTS) is 1. The number of carbonyl (C=O) groups is 11. The first kappa shape index (κ1) is 65.3. The molecule has 1 aliphatic rings. The highest BCUT2D eigenvalue weighted by atomic mass is 16.4. The van der Waals surface area contributed by atoms with Crippen LogP contribution in [-0.2, 0) is 78.4 Å². The molecule has 1 aliphatic heterocycles. The molecule has 10 atom stereocenters. The summed E-state index contributed by atoms with van der Waals surface area (Å²) in [4.78, 5) is 156. The van der Waals surface area contributed by atoms with Crippen LogP contribution in [-0.4, -0.2) is 179 Å². The lowest BCUT2D eigenvalue weighted by Gasteiger charge is -2.31. The number of nitrogens with two attached hydrogens (primary N) is 3. The first-order valence-electron chi connectivity index (χ1n) is 26.8. The van der Waals surface area contributed by atoms with Crippen LogP contribution in [0, 0.1) is 0 Å².